The summed E-state index contributed by atoms with van der Waals surface area (Å²) in [5.74, 6) is -0.216. The van der Waals surface area contributed by atoms with E-state index in [1.807, 2.05) is 12.1 Å². The van der Waals surface area contributed by atoms with E-state index in [0.717, 1.165) is 24.5 Å². The molecule has 0 saturated carbocycles. The van der Waals surface area contributed by atoms with Crippen molar-refractivity contribution in [3.05, 3.63) is 34.9 Å². The predicted octanol–water partition coefficient (Wildman–Crippen LogP) is 2.53. The van der Waals surface area contributed by atoms with E-state index in [0.29, 0.717) is 19.1 Å². The number of carbonyl (C=O) groups is 1. The number of benzene rings is 1. The van der Waals surface area contributed by atoms with Crippen LogP contribution in [0.25, 0.3) is 0 Å². The monoisotopic (exact) mass is 311 g/mol. The molecule has 5 heteroatoms. The summed E-state index contributed by atoms with van der Waals surface area (Å²) in [6.45, 7) is 4.48. The van der Waals surface area contributed by atoms with Crippen LogP contribution < -0.4 is 0 Å². The van der Waals surface area contributed by atoms with E-state index in [-0.39, 0.29) is 12.1 Å². The van der Waals surface area contributed by atoms with Gasteiger partial charge in [-0.2, -0.15) is 0 Å². The number of morpholine rings is 1. The molecule has 1 aromatic rings. The lowest BCUT2D eigenvalue weighted by atomic mass is 10.0. The summed E-state index contributed by atoms with van der Waals surface area (Å²) >= 11 is 5.91. The minimum absolute atomic E-state index is 0.0705. The summed E-state index contributed by atoms with van der Waals surface area (Å²) in [7, 11) is 1.41. The van der Waals surface area contributed by atoms with Gasteiger partial charge in [0, 0.05) is 17.6 Å². The molecule has 116 valence electrons. The lowest BCUT2D eigenvalue weighted by Crippen LogP contribution is -2.50. The lowest BCUT2D eigenvalue weighted by molar-refractivity contribution is -0.147. The van der Waals surface area contributed by atoms with Crippen molar-refractivity contribution in [1.82, 2.24) is 4.90 Å². The number of halogens is 1. The average Bonchev–Trinajstić information content (AvgIpc) is 2.50. The molecule has 1 heterocycles. The van der Waals surface area contributed by atoms with Crippen molar-refractivity contribution in [2.75, 3.05) is 26.8 Å². The highest BCUT2D eigenvalue weighted by Crippen LogP contribution is 2.19. The normalized spacial score (nSPS) is 23.0. The average molecular weight is 312 g/mol. The highest BCUT2D eigenvalue weighted by Gasteiger charge is 2.29. The maximum atomic E-state index is 11.3. The third-order valence-electron chi connectivity index (χ3n) is 3.89. The standard InChI is InChI=1S/C16H22ClNO3/c1-3-18-10-15(9-16(19)20-2)21-11-14(18)8-12-4-6-13(17)7-5-12/h4-7,14-15H,3,8-11H2,1-2H3/t14-,15-/m0/s1. The fourth-order valence-electron chi connectivity index (χ4n) is 2.68. The van der Waals surface area contributed by atoms with Gasteiger partial charge in [0.2, 0.25) is 0 Å². The SMILES string of the molecule is CCN1C[C@H](CC(=O)OC)OC[C@@H]1Cc1ccc(Cl)cc1. The summed E-state index contributed by atoms with van der Waals surface area (Å²) in [6.07, 6.45) is 1.18. The van der Waals surface area contributed by atoms with Gasteiger partial charge >= 0.3 is 5.97 Å². The molecular weight excluding hydrogens is 290 g/mol. The van der Waals surface area contributed by atoms with E-state index in [2.05, 4.69) is 24.0 Å². The Bertz CT molecular complexity index is 463. The van der Waals surface area contributed by atoms with Crippen LogP contribution in [0.2, 0.25) is 5.02 Å². The van der Waals surface area contributed by atoms with Crippen molar-refractivity contribution in [2.24, 2.45) is 0 Å². The third kappa shape index (κ3) is 4.70. The molecule has 0 amide bonds. The van der Waals surface area contributed by atoms with Crippen LogP contribution in [0.5, 0.6) is 0 Å². The van der Waals surface area contributed by atoms with Crippen LogP contribution in [0, 0.1) is 0 Å². The second-order valence-electron chi connectivity index (χ2n) is 5.31. The first kappa shape index (κ1) is 16.3. The summed E-state index contributed by atoms with van der Waals surface area (Å²) in [5.41, 5.74) is 1.25. The summed E-state index contributed by atoms with van der Waals surface area (Å²) in [6, 6.07) is 8.27. The molecule has 0 N–H and O–H groups in total. The van der Waals surface area contributed by atoms with E-state index in [1.54, 1.807) is 0 Å². The van der Waals surface area contributed by atoms with Crippen molar-refractivity contribution in [2.45, 2.75) is 31.9 Å². The van der Waals surface area contributed by atoms with Gasteiger partial charge in [0.1, 0.15) is 0 Å². The Kier molecular flexibility index (Phi) is 6.03. The zero-order valence-corrected chi connectivity index (χ0v) is 13.3. The smallest absolute Gasteiger partial charge is 0.308 e. The van der Waals surface area contributed by atoms with E-state index >= 15 is 0 Å². The molecule has 21 heavy (non-hydrogen) atoms. The van der Waals surface area contributed by atoms with Crippen LogP contribution in [0.3, 0.4) is 0 Å². The Balaban J connectivity index is 1.92. The summed E-state index contributed by atoms with van der Waals surface area (Å²) in [5, 5.41) is 0.754. The van der Waals surface area contributed by atoms with E-state index in [4.69, 9.17) is 21.1 Å². The third-order valence-corrected chi connectivity index (χ3v) is 4.14. The van der Waals surface area contributed by atoms with Crippen LogP contribution in [0.4, 0.5) is 0 Å². The first-order chi connectivity index (χ1) is 10.1. The molecule has 0 spiro atoms. The van der Waals surface area contributed by atoms with Crippen molar-refractivity contribution in [1.29, 1.82) is 0 Å². The van der Waals surface area contributed by atoms with Crippen molar-refractivity contribution >= 4 is 17.6 Å². The van der Waals surface area contributed by atoms with Gasteiger partial charge < -0.3 is 9.47 Å². The molecule has 1 aliphatic rings. The Hall–Kier alpha value is -1.10. The molecule has 0 bridgehead atoms. The maximum Gasteiger partial charge on any atom is 0.308 e. The van der Waals surface area contributed by atoms with Gasteiger partial charge in [0.25, 0.3) is 0 Å². The molecule has 1 aromatic carbocycles. The number of nitrogens with zero attached hydrogens (tertiary/aromatic N) is 1. The van der Waals surface area contributed by atoms with Crippen molar-refractivity contribution in [3.8, 4) is 0 Å². The van der Waals surface area contributed by atoms with E-state index in [9.17, 15) is 4.79 Å². The fraction of sp³-hybridized carbons (Fsp3) is 0.562. The van der Waals surface area contributed by atoms with Gasteiger partial charge in [-0.15, -0.1) is 0 Å². The quantitative estimate of drug-likeness (QED) is 0.783. The Morgan fingerprint density at radius 1 is 1.43 bits per heavy atom. The van der Waals surface area contributed by atoms with Gasteiger partial charge in [0.05, 0.1) is 26.2 Å². The minimum atomic E-state index is -0.216. The molecule has 0 aromatic heterocycles. The van der Waals surface area contributed by atoms with Gasteiger partial charge in [0.15, 0.2) is 0 Å². The molecular formula is C16H22ClNO3. The first-order valence-corrected chi connectivity index (χ1v) is 7.67. The number of rotatable bonds is 5. The Morgan fingerprint density at radius 3 is 2.76 bits per heavy atom. The number of hydrogen-bond donors (Lipinski definition) is 0. The van der Waals surface area contributed by atoms with Gasteiger partial charge in [-0.05, 0) is 30.7 Å². The molecule has 1 aliphatic heterocycles. The minimum Gasteiger partial charge on any atom is -0.469 e. The lowest BCUT2D eigenvalue weighted by Gasteiger charge is -2.39. The Labute approximate surface area is 131 Å². The largest absolute Gasteiger partial charge is 0.469 e. The first-order valence-electron chi connectivity index (χ1n) is 7.29. The van der Waals surface area contributed by atoms with Crippen molar-refractivity contribution < 1.29 is 14.3 Å². The number of likely N-dealkylation sites (N-methyl/N-ethyl adjacent to an activating group) is 1. The molecule has 2 atom stereocenters. The number of esters is 1. The molecule has 0 aliphatic carbocycles. The zero-order chi connectivity index (χ0) is 15.2. The van der Waals surface area contributed by atoms with Gasteiger partial charge in [-0.1, -0.05) is 30.7 Å². The topological polar surface area (TPSA) is 38.8 Å². The molecule has 0 unspecified atom stereocenters. The molecule has 0 radical (unpaired) electrons. The van der Waals surface area contributed by atoms with Crippen molar-refractivity contribution in [3.63, 3.8) is 0 Å². The predicted molar refractivity (Wildman–Crippen MR) is 82.6 cm³/mol. The second kappa shape index (κ2) is 7.78. The Morgan fingerprint density at radius 2 is 2.14 bits per heavy atom. The number of methoxy groups -OCH3 is 1. The summed E-state index contributed by atoms with van der Waals surface area (Å²) in [4.78, 5) is 13.7. The van der Waals surface area contributed by atoms with Crippen LogP contribution in [0.15, 0.2) is 24.3 Å². The highest BCUT2D eigenvalue weighted by atomic mass is 35.5. The molecule has 1 fully saturated rings. The maximum absolute atomic E-state index is 11.3. The van der Waals surface area contributed by atoms with Crippen LogP contribution in [-0.2, 0) is 20.7 Å². The van der Waals surface area contributed by atoms with Gasteiger partial charge in [-0.3, -0.25) is 9.69 Å². The van der Waals surface area contributed by atoms with E-state index < -0.39 is 0 Å². The molecule has 4 nitrogen and oxygen atoms in total. The van der Waals surface area contributed by atoms with Gasteiger partial charge in [-0.25, -0.2) is 0 Å². The molecule has 2 rings (SSSR count). The van der Waals surface area contributed by atoms with E-state index in [1.165, 1.54) is 12.7 Å². The second-order valence-corrected chi connectivity index (χ2v) is 5.74. The highest BCUT2D eigenvalue weighted by molar-refractivity contribution is 6.30. The zero-order valence-electron chi connectivity index (χ0n) is 12.5. The fourth-order valence-corrected chi connectivity index (χ4v) is 2.80. The van der Waals surface area contributed by atoms with Crippen LogP contribution in [0.1, 0.15) is 18.9 Å². The number of ether oxygens (including phenoxy) is 2. The number of carbonyl (C=O) groups excluding carboxylic acids is 1. The molecule has 1 saturated heterocycles. The number of hydrogen-bond acceptors (Lipinski definition) is 4. The van der Waals surface area contributed by atoms with Crippen LogP contribution >= 0.6 is 11.6 Å². The van der Waals surface area contributed by atoms with Crippen LogP contribution in [-0.4, -0.2) is 49.8 Å². The summed E-state index contributed by atoms with van der Waals surface area (Å²) < 4.78 is 10.5.